The molecule has 1 fully saturated rings. The number of aliphatic hydroxyl groups excluding tert-OH is 4. The number of nitrogens with zero attached hydrogens (tertiary/aromatic N) is 1. The van der Waals surface area contributed by atoms with Crippen LogP contribution in [0.4, 0.5) is 4.39 Å². The fraction of sp³-hybridized carbons (Fsp3) is 0.364. The summed E-state index contributed by atoms with van der Waals surface area (Å²) in [5, 5.41) is 40.7. The second-order valence-electron chi connectivity index (χ2n) is 7.41. The van der Waals surface area contributed by atoms with E-state index in [1.54, 1.807) is 43.5 Å². The van der Waals surface area contributed by atoms with Gasteiger partial charge in [0.15, 0.2) is 0 Å². The highest BCUT2D eigenvalue weighted by Crippen LogP contribution is 2.39. The summed E-state index contributed by atoms with van der Waals surface area (Å²) in [5.74, 6) is 0.0786. The highest BCUT2D eigenvalue weighted by atomic mass is 19.1. The summed E-state index contributed by atoms with van der Waals surface area (Å²) in [7, 11) is 1.57. The van der Waals surface area contributed by atoms with E-state index >= 15 is 4.39 Å². The first-order chi connectivity index (χ1) is 14.5. The first-order valence-electron chi connectivity index (χ1n) is 9.66. The third-order valence-electron chi connectivity index (χ3n) is 5.62. The lowest BCUT2D eigenvalue weighted by Gasteiger charge is -2.40. The van der Waals surface area contributed by atoms with Gasteiger partial charge in [0.25, 0.3) is 0 Å². The third-order valence-corrected chi connectivity index (χ3v) is 5.62. The van der Waals surface area contributed by atoms with Crippen molar-refractivity contribution in [3.63, 3.8) is 0 Å². The standard InChI is InChI=1S/C22H24FNO6/c1-29-13-8-6-12(7-9-13)10-24-15-5-3-2-4-14(15)17(22(24)23)21-20(28)19(27)18(26)16(11-25)30-21/h2-9,16,18-21,25-28H,10-11H2,1H3/t16-,18-,19+,20-,21+/m1/s1. The Bertz CT molecular complexity index is 1020. The van der Waals surface area contributed by atoms with Gasteiger partial charge in [0.05, 0.1) is 25.8 Å². The van der Waals surface area contributed by atoms with Crippen molar-refractivity contribution in [2.75, 3.05) is 13.7 Å². The Hall–Kier alpha value is -2.49. The molecule has 0 spiro atoms. The molecule has 0 aliphatic carbocycles. The van der Waals surface area contributed by atoms with Crippen molar-refractivity contribution < 1.29 is 34.3 Å². The molecule has 0 saturated carbocycles. The summed E-state index contributed by atoms with van der Waals surface area (Å²) in [6.45, 7) is -0.346. The molecule has 0 bridgehead atoms. The number of hydrogen-bond acceptors (Lipinski definition) is 6. The summed E-state index contributed by atoms with van der Waals surface area (Å²) in [4.78, 5) is 0. The van der Waals surface area contributed by atoms with Crippen LogP contribution < -0.4 is 4.74 Å². The highest BCUT2D eigenvalue weighted by molar-refractivity contribution is 5.85. The van der Waals surface area contributed by atoms with Gasteiger partial charge >= 0.3 is 0 Å². The molecular formula is C22H24FNO6. The Labute approximate surface area is 172 Å². The Balaban J connectivity index is 1.78. The first kappa shape index (κ1) is 20.8. The predicted octanol–water partition coefficient (Wildman–Crippen LogP) is 1.35. The van der Waals surface area contributed by atoms with Crippen LogP contribution in [-0.2, 0) is 11.3 Å². The maximum atomic E-state index is 15.7. The average Bonchev–Trinajstić information content (AvgIpc) is 3.04. The van der Waals surface area contributed by atoms with Gasteiger partial charge in [0, 0.05) is 10.9 Å². The van der Waals surface area contributed by atoms with Crippen LogP contribution in [0.5, 0.6) is 5.75 Å². The van der Waals surface area contributed by atoms with Crippen molar-refractivity contribution in [3.05, 3.63) is 65.6 Å². The molecule has 1 aliphatic heterocycles. The minimum atomic E-state index is -1.58. The smallest absolute Gasteiger partial charge is 0.201 e. The van der Waals surface area contributed by atoms with E-state index in [9.17, 15) is 20.4 Å². The van der Waals surface area contributed by atoms with E-state index in [1.165, 1.54) is 4.57 Å². The van der Waals surface area contributed by atoms with Gasteiger partial charge in [-0.2, -0.15) is 4.39 Å². The molecule has 8 heteroatoms. The van der Waals surface area contributed by atoms with Crippen LogP contribution in [0.2, 0.25) is 0 Å². The lowest BCUT2D eigenvalue weighted by Crippen LogP contribution is -2.55. The van der Waals surface area contributed by atoms with Crippen LogP contribution in [0.15, 0.2) is 48.5 Å². The number of rotatable bonds is 5. The number of para-hydroxylation sites is 1. The van der Waals surface area contributed by atoms with Crippen molar-refractivity contribution in [2.24, 2.45) is 0 Å². The molecule has 0 unspecified atom stereocenters. The molecule has 4 rings (SSSR count). The molecule has 4 N–H and O–H groups in total. The number of methoxy groups -OCH3 is 1. The first-order valence-corrected chi connectivity index (χ1v) is 9.66. The van der Waals surface area contributed by atoms with Crippen LogP contribution in [-0.4, -0.2) is 63.1 Å². The van der Waals surface area contributed by atoms with Crippen molar-refractivity contribution in [1.82, 2.24) is 4.57 Å². The summed E-state index contributed by atoms with van der Waals surface area (Å²) in [5.41, 5.74) is 1.52. The molecule has 0 amide bonds. The van der Waals surface area contributed by atoms with Crippen LogP contribution in [0.25, 0.3) is 10.9 Å². The van der Waals surface area contributed by atoms with E-state index in [2.05, 4.69) is 0 Å². The van der Waals surface area contributed by atoms with Crippen LogP contribution in [0.1, 0.15) is 17.2 Å². The van der Waals surface area contributed by atoms with Crippen molar-refractivity contribution in [3.8, 4) is 5.75 Å². The number of aliphatic hydroxyl groups is 4. The second kappa shape index (κ2) is 8.33. The van der Waals surface area contributed by atoms with Crippen molar-refractivity contribution in [2.45, 2.75) is 37.1 Å². The predicted molar refractivity (Wildman–Crippen MR) is 107 cm³/mol. The fourth-order valence-electron chi connectivity index (χ4n) is 3.98. The van der Waals surface area contributed by atoms with Gasteiger partial charge < -0.3 is 34.5 Å². The van der Waals surface area contributed by atoms with Gasteiger partial charge in [0.2, 0.25) is 5.95 Å². The zero-order chi connectivity index (χ0) is 21.4. The van der Waals surface area contributed by atoms with Gasteiger partial charge in [0.1, 0.15) is 36.3 Å². The van der Waals surface area contributed by atoms with Gasteiger partial charge in [-0.15, -0.1) is 0 Å². The summed E-state index contributed by atoms with van der Waals surface area (Å²) >= 11 is 0. The molecule has 2 heterocycles. The number of fused-ring (bicyclic) bond motifs is 1. The van der Waals surface area contributed by atoms with Gasteiger partial charge in [-0.3, -0.25) is 0 Å². The number of hydrogen-bond donors (Lipinski definition) is 4. The zero-order valence-electron chi connectivity index (χ0n) is 16.4. The topological polar surface area (TPSA) is 104 Å². The number of halogens is 1. The Morgan fingerprint density at radius 2 is 1.70 bits per heavy atom. The molecule has 2 aromatic carbocycles. The molecule has 1 aliphatic rings. The monoisotopic (exact) mass is 417 g/mol. The van der Waals surface area contributed by atoms with E-state index in [-0.39, 0.29) is 12.1 Å². The fourth-order valence-corrected chi connectivity index (χ4v) is 3.98. The normalized spacial score (nSPS) is 26.8. The van der Waals surface area contributed by atoms with Crippen LogP contribution >= 0.6 is 0 Å². The third kappa shape index (κ3) is 3.46. The SMILES string of the molecule is COc1ccc(Cn2c(F)c([C@@H]3O[C@H](CO)[C@@H](O)[C@H](O)[C@H]3O)c3ccccc32)cc1. The zero-order valence-corrected chi connectivity index (χ0v) is 16.4. The van der Waals surface area contributed by atoms with E-state index in [0.29, 0.717) is 16.7 Å². The van der Waals surface area contributed by atoms with Crippen LogP contribution in [0, 0.1) is 5.95 Å². The van der Waals surface area contributed by atoms with E-state index in [4.69, 9.17) is 9.47 Å². The molecule has 160 valence electrons. The van der Waals surface area contributed by atoms with Gasteiger partial charge in [-0.25, -0.2) is 0 Å². The van der Waals surface area contributed by atoms with Crippen molar-refractivity contribution in [1.29, 1.82) is 0 Å². The number of aromatic nitrogens is 1. The molecular weight excluding hydrogens is 393 g/mol. The Kier molecular flexibility index (Phi) is 5.77. The molecule has 7 nitrogen and oxygen atoms in total. The van der Waals surface area contributed by atoms with E-state index < -0.39 is 43.1 Å². The average molecular weight is 417 g/mol. The molecule has 3 aromatic rings. The maximum absolute atomic E-state index is 15.7. The molecule has 1 aromatic heterocycles. The highest BCUT2D eigenvalue weighted by Gasteiger charge is 2.46. The van der Waals surface area contributed by atoms with Gasteiger partial charge in [-0.05, 0) is 23.8 Å². The summed E-state index contributed by atoms with van der Waals surface area (Å²) in [6, 6.07) is 14.2. The quantitative estimate of drug-likeness (QED) is 0.500. The minimum absolute atomic E-state index is 0.0796. The molecule has 0 radical (unpaired) electrons. The summed E-state index contributed by atoms with van der Waals surface area (Å²) in [6.07, 6.45) is -7.00. The van der Waals surface area contributed by atoms with Crippen LogP contribution in [0.3, 0.4) is 0 Å². The number of ether oxygens (including phenoxy) is 2. The number of benzene rings is 2. The molecule has 5 atom stereocenters. The van der Waals surface area contributed by atoms with Crippen molar-refractivity contribution >= 4 is 10.9 Å². The lowest BCUT2D eigenvalue weighted by atomic mass is 9.91. The largest absolute Gasteiger partial charge is 0.497 e. The molecule has 1 saturated heterocycles. The van der Waals surface area contributed by atoms with E-state index in [1.807, 2.05) is 12.1 Å². The van der Waals surface area contributed by atoms with Gasteiger partial charge in [-0.1, -0.05) is 30.3 Å². The molecule has 30 heavy (non-hydrogen) atoms. The second-order valence-corrected chi connectivity index (χ2v) is 7.41. The maximum Gasteiger partial charge on any atom is 0.201 e. The summed E-state index contributed by atoms with van der Waals surface area (Å²) < 4.78 is 27.9. The Morgan fingerprint density at radius 3 is 2.37 bits per heavy atom. The minimum Gasteiger partial charge on any atom is -0.497 e. The van der Waals surface area contributed by atoms with E-state index in [0.717, 1.165) is 5.56 Å². The lowest BCUT2D eigenvalue weighted by molar-refractivity contribution is -0.232. The Morgan fingerprint density at radius 1 is 1.00 bits per heavy atom.